The highest BCUT2D eigenvalue weighted by atomic mass is 19.3. The fourth-order valence-electron chi connectivity index (χ4n) is 2.06. The molecule has 5 nitrogen and oxygen atoms in total. The maximum Gasteiger partial charge on any atom is 0.387 e. The zero-order valence-corrected chi connectivity index (χ0v) is 13.3. The average Bonchev–Trinajstić information content (AvgIpc) is 2.61. The second kappa shape index (κ2) is 8.34. The van der Waals surface area contributed by atoms with Crippen LogP contribution in [0.25, 0.3) is 0 Å². The number of halogens is 2. The number of hydrogen-bond donors (Lipinski definition) is 1. The summed E-state index contributed by atoms with van der Waals surface area (Å²) in [5, 5.41) is 8.97. The van der Waals surface area contributed by atoms with Gasteiger partial charge in [-0.25, -0.2) is 4.79 Å². The van der Waals surface area contributed by atoms with Crippen molar-refractivity contribution in [2.45, 2.75) is 26.2 Å². The minimum absolute atomic E-state index is 0.0693. The Labute approximate surface area is 142 Å². The van der Waals surface area contributed by atoms with Crippen LogP contribution in [0.2, 0.25) is 0 Å². The number of esters is 1. The predicted octanol–water partition coefficient (Wildman–Crippen LogP) is 3.21. The van der Waals surface area contributed by atoms with E-state index >= 15 is 0 Å². The van der Waals surface area contributed by atoms with E-state index in [-0.39, 0.29) is 23.5 Å². The van der Waals surface area contributed by atoms with Gasteiger partial charge in [-0.2, -0.15) is 8.78 Å². The number of rotatable bonds is 7. The van der Waals surface area contributed by atoms with Gasteiger partial charge in [-0.15, -0.1) is 0 Å². The van der Waals surface area contributed by atoms with Crippen LogP contribution in [0.4, 0.5) is 8.78 Å². The van der Waals surface area contributed by atoms with Gasteiger partial charge >= 0.3 is 12.6 Å². The van der Waals surface area contributed by atoms with Crippen molar-refractivity contribution in [3.63, 3.8) is 0 Å². The highest BCUT2D eigenvalue weighted by Gasteiger charge is 2.20. The molecule has 0 aromatic heterocycles. The lowest BCUT2D eigenvalue weighted by Gasteiger charge is -2.13. The van der Waals surface area contributed by atoms with Crippen molar-refractivity contribution in [2.75, 3.05) is 0 Å². The molecule has 2 aromatic carbocycles. The van der Waals surface area contributed by atoms with E-state index in [9.17, 15) is 18.4 Å². The fourth-order valence-corrected chi connectivity index (χ4v) is 2.06. The zero-order chi connectivity index (χ0) is 18.4. The molecule has 0 aliphatic heterocycles. The molecule has 0 unspecified atom stereocenters. The summed E-state index contributed by atoms with van der Waals surface area (Å²) in [5.41, 5.74) is 1.10. The van der Waals surface area contributed by atoms with Crippen molar-refractivity contribution in [3.8, 4) is 5.75 Å². The van der Waals surface area contributed by atoms with Gasteiger partial charge in [-0.1, -0.05) is 12.1 Å². The third-order valence-electron chi connectivity index (χ3n) is 3.39. The van der Waals surface area contributed by atoms with Crippen molar-refractivity contribution < 1.29 is 33.0 Å². The van der Waals surface area contributed by atoms with Crippen molar-refractivity contribution in [1.82, 2.24) is 0 Å². The maximum absolute atomic E-state index is 12.2. The second-order valence-electron chi connectivity index (χ2n) is 5.17. The van der Waals surface area contributed by atoms with Gasteiger partial charge in [0.1, 0.15) is 5.75 Å². The van der Waals surface area contributed by atoms with Crippen molar-refractivity contribution >= 4 is 11.8 Å². The van der Waals surface area contributed by atoms with Crippen molar-refractivity contribution in [3.05, 3.63) is 65.2 Å². The Morgan fingerprint density at radius 2 is 1.56 bits per heavy atom. The quantitative estimate of drug-likeness (QED) is 0.613. The van der Waals surface area contributed by atoms with Gasteiger partial charge in [-0.05, 0) is 48.9 Å². The number of Topliss-reactive ketones (excluding diaryl/α,β-unsaturated/α-hetero) is 1. The summed E-state index contributed by atoms with van der Waals surface area (Å²) in [5.74, 6) is -1.22. The lowest BCUT2D eigenvalue weighted by Crippen LogP contribution is -2.24. The van der Waals surface area contributed by atoms with Gasteiger partial charge in [0.15, 0.2) is 6.10 Å². The van der Waals surface area contributed by atoms with E-state index in [1.165, 1.54) is 43.3 Å². The molecular weight excluding hydrogens is 334 g/mol. The molecule has 1 atom stereocenters. The van der Waals surface area contributed by atoms with Crippen LogP contribution in [0.15, 0.2) is 48.5 Å². The number of aliphatic hydroxyl groups is 1. The smallest absolute Gasteiger partial charge is 0.387 e. The summed E-state index contributed by atoms with van der Waals surface area (Å²) in [7, 11) is 0. The SMILES string of the molecule is C[C@@H](OC(=O)c1ccc(CO)cc1)C(=O)c1ccc(OC(F)F)cc1. The van der Waals surface area contributed by atoms with Gasteiger partial charge in [-0.3, -0.25) is 4.79 Å². The molecular formula is C18H16F2O5. The van der Waals surface area contributed by atoms with Gasteiger partial charge in [0.25, 0.3) is 0 Å². The first-order chi connectivity index (χ1) is 11.9. The van der Waals surface area contributed by atoms with E-state index in [0.717, 1.165) is 0 Å². The van der Waals surface area contributed by atoms with E-state index < -0.39 is 24.5 Å². The Morgan fingerprint density at radius 3 is 2.08 bits per heavy atom. The summed E-state index contributed by atoms with van der Waals surface area (Å²) in [4.78, 5) is 24.3. The molecule has 0 saturated heterocycles. The Balaban J connectivity index is 2.00. The number of ether oxygens (including phenoxy) is 2. The molecule has 0 amide bonds. The summed E-state index contributed by atoms with van der Waals surface area (Å²) in [6.45, 7) is -1.67. The number of hydrogen-bond acceptors (Lipinski definition) is 5. The number of carbonyl (C=O) groups excluding carboxylic acids is 2. The van der Waals surface area contributed by atoms with Crippen LogP contribution in [-0.4, -0.2) is 29.6 Å². The van der Waals surface area contributed by atoms with Gasteiger partial charge in [0.05, 0.1) is 12.2 Å². The normalized spacial score (nSPS) is 11.9. The van der Waals surface area contributed by atoms with Gasteiger partial charge in [0.2, 0.25) is 5.78 Å². The van der Waals surface area contributed by atoms with Crippen LogP contribution >= 0.6 is 0 Å². The fraction of sp³-hybridized carbons (Fsp3) is 0.222. The van der Waals surface area contributed by atoms with Crippen LogP contribution in [-0.2, 0) is 11.3 Å². The van der Waals surface area contributed by atoms with E-state index in [4.69, 9.17) is 9.84 Å². The Hall–Kier alpha value is -2.80. The van der Waals surface area contributed by atoms with E-state index in [2.05, 4.69) is 4.74 Å². The minimum atomic E-state index is -2.95. The summed E-state index contributed by atoms with van der Waals surface area (Å²) in [6.07, 6.45) is -1.05. The molecule has 132 valence electrons. The third kappa shape index (κ3) is 5.09. The number of carbonyl (C=O) groups is 2. The van der Waals surface area contributed by atoms with E-state index in [0.29, 0.717) is 5.56 Å². The Morgan fingerprint density at radius 1 is 1.00 bits per heavy atom. The standard InChI is InChI=1S/C18H16F2O5/c1-11(24-17(23)14-4-2-12(10-21)3-5-14)16(22)13-6-8-15(9-7-13)25-18(19)20/h2-9,11,18,21H,10H2,1H3/t11-/m1/s1. The molecule has 0 fully saturated rings. The first-order valence-corrected chi connectivity index (χ1v) is 7.40. The average molecular weight is 350 g/mol. The molecule has 25 heavy (non-hydrogen) atoms. The Kier molecular flexibility index (Phi) is 6.19. The molecule has 2 rings (SSSR count). The van der Waals surface area contributed by atoms with Crippen LogP contribution < -0.4 is 4.74 Å². The molecule has 0 radical (unpaired) electrons. The lowest BCUT2D eigenvalue weighted by molar-refractivity contribution is -0.0498. The number of aliphatic hydroxyl groups excluding tert-OH is 1. The van der Waals surface area contributed by atoms with Crippen LogP contribution in [0.1, 0.15) is 33.2 Å². The van der Waals surface area contributed by atoms with Gasteiger partial charge in [0, 0.05) is 5.56 Å². The molecule has 0 bridgehead atoms. The Bertz CT molecular complexity index is 726. The summed E-state index contributed by atoms with van der Waals surface area (Å²) >= 11 is 0. The van der Waals surface area contributed by atoms with Crippen LogP contribution in [0.3, 0.4) is 0 Å². The van der Waals surface area contributed by atoms with E-state index in [1.807, 2.05) is 0 Å². The molecule has 1 N–H and O–H groups in total. The molecule has 0 aliphatic carbocycles. The van der Waals surface area contributed by atoms with E-state index in [1.54, 1.807) is 12.1 Å². The van der Waals surface area contributed by atoms with Crippen LogP contribution in [0, 0.1) is 0 Å². The first kappa shape index (κ1) is 18.5. The number of ketones is 1. The highest BCUT2D eigenvalue weighted by molar-refractivity contribution is 6.01. The maximum atomic E-state index is 12.2. The predicted molar refractivity (Wildman–Crippen MR) is 84.6 cm³/mol. The molecule has 2 aromatic rings. The second-order valence-corrected chi connectivity index (χ2v) is 5.17. The topological polar surface area (TPSA) is 72.8 Å². The molecule has 0 heterocycles. The van der Waals surface area contributed by atoms with Crippen LogP contribution in [0.5, 0.6) is 5.75 Å². The summed E-state index contributed by atoms with van der Waals surface area (Å²) in [6, 6.07) is 11.2. The molecule has 0 spiro atoms. The first-order valence-electron chi connectivity index (χ1n) is 7.40. The molecule has 0 saturated carbocycles. The molecule has 0 aliphatic rings. The van der Waals surface area contributed by atoms with Gasteiger partial charge < -0.3 is 14.6 Å². The number of benzene rings is 2. The monoisotopic (exact) mass is 350 g/mol. The largest absolute Gasteiger partial charge is 0.451 e. The zero-order valence-electron chi connectivity index (χ0n) is 13.3. The summed E-state index contributed by atoms with van der Waals surface area (Å²) < 4.78 is 33.5. The third-order valence-corrected chi connectivity index (χ3v) is 3.39. The minimum Gasteiger partial charge on any atom is -0.451 e. The highest BCUT2D eigenvalue weighted by Crippen LogP contribution is 2.17. The molecule has 7 heteroatoms. The number of alkyl halides is 2. The lowest BCUT2D eigenvalue weighted by atomic mass is 10.1. The van der Waals surface area contributed by atoms with Crippen molar-refractivity contribution in [1.29, 1.82) is 0 Å². The van der Waals surface area contributed by atoms with Crippen molar-refractivity contribution in [2.24, 2.45) is 0 Å².